The average molecular weight is 254 g/mol. The van der Waals surface area contributed by atoms with Crippen LogP contribution in [0.25, 0.3) is 10.9 Å². The Kier molecular flexibility index (Phi) is 2.27. The van der Waals surface area contributed by atoms with Crippen LogP contribution in [0.15, 0.2) is 22.7 Å². The minimum absolute atomic E-state index is 0.894. The van der Waals surface area contributed by atoms with Gasteiger partial charge in [0.25, 0.3) is 0 Å². The summed E-state index contributed by atoms with van der Waals surface area (Å²) in [5.74, 6) is 0.894. The summed E-state index contributed by atoms with van der Waals surface area (Å²) in [6.45, 7) is 2.09. The Labute approximate surface area is 91.6 Å². The van der Waals surface area contributed by atoms with Gasteiger partial charge >= 0.3 is 0 Å². The van der Waals surface area contributed by atoms with E-state index in [1.807, 2.05) is 12.1 Å². The van der Waals surface area contributed by atoms with Crippen molar-refractivity contribution in [1.82, 2.24) is 4.57 Å². The lowest BCUT2D eigenvalue weighted by molar-refractivity contribution is 0.415. The number of hydrogen-bond donors (Lipinski definition) is 0. The fourth-order valence-corrected chi connectivity index (χ4v) is 2.23. The maximum absolute atomic E-state index is 5.20. The summed E-state index contributed by atoms with van der Waals surface area (Å²) in [6.07, 6.45) is 0. The summed E-state index contributed by atoms with van der Waals surface area (Å²) in [7, 11) is 3.74. The van der Waals surface area contributed by atoms with E-state index in [4.69, 9.17) is 4.74 Å². The molecule has 0 aliphatic carbocycles. The Morgan fingerprint density at radius 2 is 2.07 bits per heavy atom. The summed E-state index contributed by atoms with van der Waals surface area (Å²) in [4.78, 5) is 0. The number of fused-ring (bicyclic) bond motifs is 1. The predicted molar refractivity (Wildman–Crippen MR) is 61.9 cm³/mol. The highest BCUT2D eigenvalue weighted by Gasteiger charge is 2.09. The van der Waals surface area contributed by atoms with Gasteiger partial charge in [0.15, 0.2) is 0 Å². The zero-order chi connectivity index (χ0) is 10.3. The Morgan fingerprint density at radius 3 is 2.71 bits per heavy atom. The molecule has 0 unspecified atom stereocenters. The van der Waals surface area contributed by atoms with Crippen molar-refractivity contribution >= 4 is 26.8 Å². The second-order valence-electron chi connectivity index (χ2n) is 3.34. The fourth-order valence-electron chi connectivity index (χ4n) is 1.62. The monoisotopic (exact) mass is 253 g/mol. The lowest BCUT2D eigenvalue weighted by Gasteiger charge is -2.01. The molecular weight excluding hydrogens is 242 g/mol. The van der Waals surface area contributed by atoms with Gasteiger partial charge in [-0.25, -0.2) is 0 Å². The van der Waals surface area contributed by atoms with Crippen molar-refractivity contribution in [3.05, 3.63) is 28.4 Å². The van der Waals surface area contributed by atoms with E-state index in [9.17, 15) is 0 Å². The molecule has 1 aromatic carbocycles. The predicted octanol–water partition coefficient (Wildman–Crippen LogP) is 3.26. The molecule has 0 atom stereocenters. The van der Waals surface area contributed by atoms with Gasteiger partial charge in [-0.05, 0) is 35.0 Å². The van der Waals surface area contributed by atoms with Gasteiger partial charge in [-0.1, -0.05) is 0 Å². The van der Waals surface area contributed by atoms with Crippen molar-refractivity contribution in [1.29, 1.82) is 0 Å². The van der Waals surface area contributed by atoms with Gasteiger partial charge in [-0.2, -0.15) is 0 Å². The van der Waals surface area contributed by atoms with E-state index < -0.39 is 0 Å². The standard InChI is InChI=1S/C11H12BrNO/c1-7-11(12)9-5-4-8(14-3)6-10(9)13(7)2/h4-6H,1-3H3. The summed E-state index contributed by atoms with van der Waals surface area (Å²) in [5.41, 5.74) is 2.42. The zero-order valence-electron chi connectivity index (χ0n) is 8.47. The van der Waals surface area contributed by atoms with Crippen LogP contribution in [-0.2, 0) is 7.05 Å². The molecule has 0 saturated heterocycles. The second-order valence-corrected chi connectivity index (χ2v) is 4.13. The fraction of sp³-hybridized carbons (Fsp3) is 0.273. The van der Waals surface area contributed by atoms with Crippen molar-refractivity contribution in [3.63, 3.8) is 0 Å². The Morgan fingerprint density at radius 1 is 1.36 bits per heavy atom. The lowest BCUT2D eigenvalue weighted by atomic mass is 10.2. The van der Waals surface area contributed by atoms with Crippen LogP contribution in [0.3, 0.4) is 0 Å². The minimum atomic E-state index is 0.894. The third-order valence-electron chi connectivity index (χ3n) is 2.62. The van der Waals surface area contributed by atoms with Gasteiger partial charge in [0.05, 0.1) is 12.6 Å². The van der Waals surface area contributed by atoms with Crippen LogP contribution >= 0.6 is 15.9 Å². The van der Waals surface area contributed by atoms with Crippen LogP contribution in [-0.4, -0.2) is 11.7 Å². The van der Waals surface area contributed by atoms with Crippen molar-refractivity contribution < 1.29 is 4.74 Å². The molecule has 0 aliphatic heterocycles. The smallest absolute Gasteiger partial charge is 0.120 e. The molecule has 2 aromatic rings. The molecule has 0 aliphatic rings. The summed E-state index contributed by atoms with van der Waals surface area (Å²) >= 11 is 3.59. The first kappa shape index (κ1) is 9.59. The van der Waals surface area contributed by atoms with E-state index in [2.05, 4.69) is 40.5 Å². The van der Waals surface area contributed by atoms with Crippen LogP contribution < -0.4 is 4.74 Å². The maximum Gasteiger partial charge on any atom is 0.120 e. The largest absolute Gasteiger partial charge is 0.497 e. The highest BCUT2D eigenvalue weighted by Crippen LogP contribution is 2.31. The number of hydrogen-bond acceptors (Lipinski definition) is 1. The molecule has 74 valence electrons. The Hall–Kier alpha value is -0.960. The molecule has 0 amide bonds. The highest BCUT2D eigenvalue weighted by molar-refractivity contribution is 9.10. The topological polar surface area (TPSA) is 14.2 Å². The lowest BCUT2D eigenvalue weighted by Crippen LogP contribution is -1.90. The molecule has 14 heavy (non-hydrogen) atoms. The normalized spacial score (nSPS) is 10.9. The van der Waals surface area contributed by atoms with E-state index in [1.165, 1.54) is 16.6 Å². The van der Waals surface area contributed by atoms with E-state index in [-0.39, 0.29) is 0 Å². The molecule has 0 fully saturated rings. The van der Waals surface area contributed by atoms with Crippen molar-refractivity contribution in [2.75, 3.05) is 7.11 Å². The third kappa shape index (κ3) is 1.23. The zero-order valence-corrected chi connectivity index (χ0v) is 10.1. The molecular formula is C11H12BrNO. The summed E-state index contributed by atoms with van der Waals surface area (Å²) in [6, 6.07) is 6.10. The molecule has 1 heterocycles. The van der Waals surface area contributed by atoms with Gasteiger partial charge in [0.1, 0.15) is 5.75 Å². The Bertz CT molecular complexity index is 487. The number of halogens is 1. The van der Waals surface area contributed by atoms with Gasteiger partial charge in [0, 0.05) is 28.7 Å². The third-order valence-corrected chi connectivity index (χ3v) is 3.62. The first-order valence-electron chi connectivity index (χ1n) is 4.43. The number of aromatic nitrogens is 1. The van der Waals surface area contributed by atoms with Crippen molar-refractivity contribution in [2.24, 2.45) is 7.05 Å². The van der Waals surface area contributed by atoms with Crippen LogP contribution in [0.5, 0.6) is 5.75 Å². The van der Waals surface area contributed by atoms with E-state index >= 15 is 0 Å². The summed E-state index contributed by atoms with van der Waals surface area (Å²) < 4.78 is 8.52. The molecule has 3 heteroatoms. The van der Waals surface area contributed by atoms with Crippen LogP contribution in [0.2, 0.25) is 0 Å². The summed E-state index contributed by atoms with van der Waals surface area (Å²) in [5, 5.41) is 1.23. The van der Waals surface area contributed by atoms with E-state index in [0.717, 1.165) is 10.2 Å². The number of benzene rings is 1. The Balaban J connectivity index is 2.82. The van der Waals surface area contributed by atoms with Gasteiger partial charge in [0.2, 0.25) is 0 Å². The van der Waals surface area contributed by atoms with Crippen molar-refractivity contribution in [3.8, 4) is 5.75 Å². The number of rotatable bonds is 1. The number of ether oxygens (including phenoxy) is 1. The van der Waals surface area contributed by atoms with Crippen LogP contribution in [0, 0.1) is 6.92 Å². The molecule has 0 bridgehead atoms. The van der Waals surface area contributed by atoms with Crippen LogP contribution in [0.4, 0.5) is 0 Å². The molecule has 2 nitrogen and oxygen atoms in total. The SMILES string of the molecule is COc1ccc2c(Br)c(C)n(C)c2c1. The quantitative estimate of drug-likeness (QED) is 0.761. The minimum Gasteiger partial charge on any atom is -0.497 e. The molecule has 1 aromatic heterocycles. The molecule has 0 spiro atoms. The van der Waals surface area contributed by atoms with Gasteiger partial charge < -0.3 is 9.30 Å². The van der Waals surface area contributed by atoms with Crippen LogP contribution in [0.1, 0.15) is 5.69 Å². The van der Waals surface area contributed by atoms with Gasteiger partial charge in [-0.3, -0.25) is 0 Å². The maximum atomic E-state index is 5.20. The van der Waals surface area contributed by atoms with E-state index in [1.54, 1.807) is 7.11 Å². The number of methoxy groups -OCH3 is 1. The first-order valence-corrected chi connectivity index (χ1v) is 5.23. The van der Waals surface area contributed by atoms with E-state index in [0.29, 0.717) is 0 Å². The highest BCUT2D eigenvalue weighted by atomic mass is 79.9. The van der Waals surface area contributed by atoms with Gasteiger partial charge in [-0.15, -0.1) is 0 Å². The number of aryl methyl sites for hydroxylation is 1. The molecule has 0 N–H and O–H groups in total. The number of nitrogens with zero attached hydrogens (tertiary/aromatic N) is 1. The molecule has 0 saturated carbocycles. The average Bonchev–Trinajstić information content (AvgIpc) is 2.44. The molecule has 0 radical (unpaired) electrons. The molecule has 2 rings (SSSR count). The first-order chi connectivity index (χ1) is 6.65. The van der Waals surface area contributed by atoms with Crippen molar-refractivity contribution in [2.45, 2.75) is 6.92 Å². The second kappa shape index (κ2) is 3.31.